The number of ether oxygens (including phenoxy) is 1. The number of amides is 2. The quantitative estimate of drug-likeness (QED) is 0.843. The van der Waals surface area contributed by atoms with Crippen LogP contribution in [0, 0.1) is 0 Å². The highest BCUT2D eigenvalue weighted by molar-refractivity contribution is 6.00. The van der Waals surface area contributed by atoms with E-state index in [-0.39, 0.29) is 11.8 Å². The zero-order valence-corrected chi connectivity index (χ0v) is 14.3. The van der Waals surface area contributed by atoms with Crippen LogP contribution in [0.4, 0.5) is 5.69 Å². The lowest BCUT2D eigenvalue weighted by atomic mass is 10.1. The van der Waals surface area contributed by atoms with Gasteiger partial charge in [0.05, 0.1) is 19.4 Å². The van der Waals surface area contributed by atoms with E-state index in [4.69, 9.17) is 4.74 Å². The van der Waals surface area contributed by atoms with Crippen molar-refractivity contribution < 1.29 is 14.3 Å². The van der Waals surface area contributed by atoms with Crippen molar-refractivity contribution in [1.82, 2.24) is 5.32 Å². The number of hydrogen-bond acceptors (Lipinski definition) is 3. The Hall–Kier alpha value is -2.82. The van der Waals surface area contributed by atoms with Gasteiger partial charge in [0, 0.05) is 19.3 Å². The van der Waals surface area contributed by atoms with Gasteiger partial charge in [-0.1, -0.05) is 30.3 Å². The van der Waals surface area contributed by atoms with Crippen LogP contribution in [0.25, 0.3) is 0 Å². The van der Waals surface area contributed by atoms with E-state index in [1.807, 2.05) is 42.5 Å². The van der Waals surface area contributed by atoms with Crippen LogP contribution in [0.2, 0.25) is 0 Å². The maximum absolute atomic E-state index is 11.9. The number of hydrogen-bond donors (Lipinski definition) is 1. The van der Waals surface area contributed by atoms with E-state index >= 15 is 0 Å². The SMILES string of the molecule is CN1C(=O)Cc2cc(CCNC(=O)CCOc3ccccc3)ccc21. The van der Waals surface area contributed by atoms with Crippen molar-refractivity contribution in [2.75, 3.05) is 25.1 Å². The summed E-state index contributed by atoms with van der Waals surface area (Å²) < 4.78 is 5.51. The lowest BCUT2D eigenvalue weighted by molar-refractivity contribution is -0.121. The van der Waals surface area contributed by atoms with Crippen LogP contribution < -0.4 is 15.0 Å². The molecule has 3 rings (SSSR count). The normalized spacial score (nSPS) is 12.8. The van der Waals surface area contributed by atoms with Gasteiger partial charge in [0.15, 0.2) is 0 Å². The average Bonchev–Trinajstić information content (AvgIpc) is 2.90. The molecule has 2 aromatic carbocycles. The third kappa shape index (κ3) is 4.38. The maximum Gasteiger partial charge on any atom is 0.231 e. The van der Waals surface area contributed by atoms with Crippen LogP contribution in [0.15, 0.2) is 48.5 Å². The van der Waals surface area contributed by atoms with Crippen LogP contribution in [0.5, 0.6) is 5.75 Å². The largest absolute Gasteiger partial charge is 0.493 e. The first-order chi connectivity index (χ1) is 12.1. The number of anilines is 1. The summed E-state index contributed by atoms with van der Waals surface area (Å²) >= 11 is 0. The number of fused-ring (bicyclic) bond motifs is 1. The molecule has 0 fully saturated rings. The molecular formula is C20H22N2O3. The highest BCUT2D eigenvalue weighted by atomic mass is 16.5. The minimum absolute atomic E-state index is 0.0213. The van der Waals surface area contributed by atoms with Crippen molar-refractivity contribution in [3.05, 3.63) is 59.7 Å². The van der Waals surface area contributed by atoms with Crippen molar-refractivity contribution in [3.8, 4) is 5.75 Å². The zero-order chi connectivity index (χ0) is 17.6. The molecule has 0 atom stereocenters. The number of carbonyl (C=O) groups excluding carboxylic acids is 2. The first-order valence-corrected chi connectivity index (χ1v) is 8.46. The molecule has 0 spiro atoms. The van der Waals surface area contributed by atoms with Gasteiger partial charge in [0.1, 0.15) is 5.75 Å². The first kappa shape index (κ1) is 17.0. The molecule has 130 valence electrons. The summed E-state index contributed by atoms with van der Waals surface area (Å²) in [5.74, 6) is 0.874. The number of likely N-dealkylation sites (N-methyl/N-ethyl adjacent to an activating group) is 1. The number of para-hydroxylation sites is 1. The molecule has 5 heteroatoms. The molecule has 1 aliphatic heterocycles. The lowest BCUT2D eigenvalue weighted by Crippen LogP contribution is -2.27. The molecule has 0 aromatic heterocycles. The Kier molecular flexibility index (Phi) is 5.33. The molecule has 1 aliphatic rings. The molecule has 1 heterocycles. The van der Waals surface area contributed by atoms with E-state index < -0.39 is 0 Å². The summed E-state index contributed by atoms with van der Waals surface area (Å²) in [6.07, 6.45) is 1.54. The summed E-state index contributed by atoms with van der Waals surface area (Å²) in [6, 6.07) is 15.5. The van der Waals surface area contributed by atoms with E-state index in [9.17, 15) is 9.59 Å². The van der Waals surface area contributed by atoms with Crippen molar-refractivity contribution >= 4 is 17.5 Å². The van der Waals surface area contributed by atoms with Crippen LogP contribution in [0.3, 0.4) is 0 Å². The molecule has 0 aliphatic carbocycles. The fourth-order valence-corrected chi connectivity index (χ4v) is 2.89. The van der Waals surface area contributed by atoms with Gasteiger partial charge in [0.2, 0.25) is 11.8 Å². The number of nitrogens with one attached hydrogen (secondary N) is 1. The van der Waals surface area contributed by atoms with Gasteiger partial charge in [-0.05, 0) is 35.7 Å². The Bertz CT molecular complexity index is 759. The summed E-state index contributed by atoms with van der Waals surface area (Å²) in [7, 11) is 1.80. The molecule has 2 amide bonds. The monoisotopic (exact) mass is 338 g/mol. The second-order valence-corrected chi connectivity index (χ2v) is 6.10. The molecule has 1 N–H and O–H groups in total. The minimum Gasteiger partial charge on any atom is -0.493 e. The average molecular weight is 338 g/mol. The standard InChI is InChI=1S/C20H22N2O3/c1-22-18-8-7-15(13-16(18)14-20(22)24)9-11-21-19(23)10-12-25-17-5-3-2-4-6-17/h2-8,13H,9-12,14H2,1H3,(H,21,23). The topological polar surface area (TPSA) is 58.6 Å². The Balaban J connectivity index is 1.39. The molecule has 2 aromatic rings. The van der Waals surface area contributed by atoms with Gasteiger partial charge < -0.3 is 15.0 Å². The van der Waals surface area contributed by atoms with Crippen LogP contribution in [-0.2, 0) is 22.4 Å². The lowest BCUT2D eigenvalue weighted by Gasteiger charge is -2.11. The highest BCUT2D eigenvalue weighted by Gasteiger charge is 2.23. The number of benzene rings is 2. The van der Waals surface area contributed by atoms with Gasteiger partial charge in [-0.15, -0.1) is 0 Å². The Morgan fingerprint density at radius 3 is 2.80 bits per heavy atom. The second-order valence-electron chi connectivity index (χ2n) is 6.10. The minimum atomic E-state index is -0.0213. The summed E-state index contributed by atoms with van der Waals surface area (Å²) in [5, 5.41) is 2.91. The van der Waals surface area contributed by atoms with E-state index in [1.165, 1.54) is 0 Å². The number of nitrogens with zero attached hydrogens (tertiary/aromatic N) is 1. The Labute approximate surface area is 147 Å². The van der Waals surface area contributed by atoms with E-state index in [0.29, 0.717) is 26.0 Å². The fourth-order valence-electron chi connectivity index (χ4n) is 2.89. The predicted octanol–water partition coefficient (Wildman–Crippen LogP) is 2.33. The Morgan fingerprint density at radius 2 is 2.00 bits per heavy atom. The molecule has 25 heavy (non-hydrogen) atoms. The highest BCUT2D eigenvalue weighted by Crippen LogP contribution is 2.28. The van der Waals surface area contributed by atoms with Crippen molar-refractivity contribution in [1.29, 1.82) is 0 Å². The maximum atomic E-state index is 11.9. The van der Waals surface area contributed by atoms with Crippen molar-refractivity contribution in [3.63, 3.8) is 0 Å². The summed E-state index contributed by atoms with van der Waals surface area (Å²) in [4.78, 5) is 25.2. The smallest absolute Gasteiger partial charge is 0.231 e. The molecule has 0 saturated heterocycles. The van der Waals surface area contributed by atoms with Crippen LogP contribution in [0.1, 0.15) is 17.5 Å². The molecule has 5 nitrogen and oxygen atoms in total. The second kappa shape index (κ2) is 7.83. The van der Waals surface area contributed by atoms with Gasteiger partial charge >= 0.3 is 0 Å². The van der Waals surface area contributed by atoms with E-state index in [1.54, 1.807) is 11.9 Å². The predicted molar refractivity (Wildman–Crippen MR) is 96.8 cm³/mol. The van der Waals surface area contributed by atoms with Crippen LogP contribution >= 0.6 is 0 Å². The molecular weight excluding hydrogens is 316 g/mol. The van der Waals surface area contributed by atoms with Gasteiger partial charge in [0.25, 0.3) is 0 Å². The third-order valence-corrected chi connectivity index (χ3v) is 4.30. The molecule has 0 saturated carbocycles. The molecule has 0 unspecified atom stereocenters. The number of rotatable bonds is 7. The third-order valence-electron chi connectivity index (χ3n) is 4.30. The fraction of sp³-hybridized carbons (Fsp3) is 0.300. The van der Waals surface area contributed by atoms with E-state index in [2.05, 4.69) is 11.4 Å². The summed E-state index contributed by atoms with van der Waals surface area (Å²) in [5.41, 5.74) is 3.17. The van der Waals surface area contributed by atoms with Gasteiger partial charge in [-0.2, -0.15) is 0 Å². The van der Waals surface area contributed by atoms with Crippen molar-refractivity contribution in [2.24, 2.45) is 0 Å². The molecule has 0 bridgehead atoms. The molecule has 0 radical (unpaired) electrons. The van der Waals surface area contributed by atoms with Crippen molar-refractivity contribution in [2.45, 2.75) is 19.3 Å². The zero-order valence-electron chi connectivity index (χ0n) is 14.3. The first-order valence-electron chi connectivity index (χ1n) is 8.46. The van der Waals surface area contributed by atoms with Crippen LogP contribution in [-0.4, -0.2) is 32.0 Å². The van der Waals surface area contributed by atoms with E-state index in [0.717, 1.165) is 29.0 Å². The number of carbonyl (C=O) groups is 2. The summed E-state index contributed by atoms with van der Waals surface area (Å²) in [6.45, 7) is 0.940. The Morgan fingerprint density at radius 1 is 1.20 bits per heavy atom. The van der Waals surface area contributed by atoms with Gasteiger partial charge in [-0.25, -0.2) is 0 Å². The van der Waals surface area contributed by atoms with Gasteiger partial charge in [-0.3, -0.25) is 9.59 Å².